The minimum absolute atomic E-state index is 0.460. The predicted octanol–water partition coefficient (Wildman–Crippen LogP) is 3.40. The van der Waals surface area contributed by atoms with E-state index in [0.717, 1.165) is 24.5 Å². The first-order valence-electron chi connectivity index (χ1n) is 6.09. The van der Waals surface area contributed by atoms with Crippen molar-refractivity contribution in [3.05, 3.63) is 35.4 Å². The van der Waals surface area contributed by atoms with Gasteiger partial charge in [-0.15, -0.1) is 18.2 Å². The number of nitrogens with one attached hydrogen (secondary N) is 1. The van der Waals surface area contributed by atoms with Crippen LogP contribution in [0.3, 0.4) is 0 Å². The average molecular weight is 247 g/mol. The smallest absolute Gasteiger partial charge is 0.0545 e. The van der Waals surface area contributed by atoms with E-state index >= 15 is 0 Å². The molecule has 0 saturated carbocycles. The van der Waals surface area contributed by atoms with Gasteiger partial charge in [0, 0.05) is 18.3 Å². The van der Waals surface area contributed by atoms with E-state index < -0.39 is 0 Å². The fourth-order valence-electron chi connectivity index (χ4n) is 1.73. The number of hydrogen-bond acceptors (Lipinski definition) is 2. The highest BCUT2D eigenvalue weighted by Gasteiger charge is 2.07. The summed E-state index contributed by atoms with van der Waals surface area (Å²) in [7, 11) is 0. The first-order valence-corrected chi connectivity index (χ1v) is 7.24. The van der Waals surface area contributed by atoms with E-state index in [1.54, 1.807) is 11.8 Å². The molecule has 92 valence electrons. The van der Waals surface area contributed by atoms with E-state index in [1.165, 1.54) is 11.1 Å². The summed E-state index contributed by atoms with van der Waals surface area (Å²) in [6.45, 7) is 5.35. The Morgan fingerprint density at radius 3 is 2.65 bits per heavy atom. The number of thioether (sulfide) groups is 1. The van der Waals surface area contributed by atoms with Gasteiger partial charge in [0.2, 0.25) is 0 Å². The van der Waals surface area contributed by atoms with Crippen LogP contribution in [-0.4, -0.2) is 18.1 Å². The maximum absolute atomic E-state index is 5.21. The maximum Gasteiger partial charge on any atom is 0.0545 e. The number of aryl methyl sites for hydroxylation is 1. The van der Waals surface area contributed by atoms with Crippen LogP contribution in [0.5, 0.6) is 0 Å². The third kappa shape index (κ3) is 5.30. The van der Waals surface area contributed by atoms with Gasteiger partial charge in [-0.1, -0.05) is 42.7 Å². The molecule has 0 spiro atoms. The minimum Gasteiger partial charge on any atom is -0.309 e. The summed E-state index contributed by atoms with van der Waals surface area (Å²) in [5.74, 6) is 4.53. The van der Waals surface area contributed by atoms with E-state index in [4.69, 9.17) is 6.42 Å². The summed E-state index contributed by atoms with van der Waals surface area (Å²) >= 11 is 1.80. The van der Waals surface area contributed by atoms with Crippen molar-refractivity contribution in [3.63, 3.8) is 0 Å². The van der Waals surface area contributed by atoms with Crippen LogP contribution in [0.1, 0.15) is 30.5 Å². The Balaban J connectivity index is 2.38. The molecule has 0 amide bonds. The summed E-state index contributed by atoms with van der Waals surface area (Å²) in [5, 5.41) is 3.57. The Morgan fingerprint density at radius 2 is 2.06 bits per heavy atom. The molecular formula is C15H21NS. The van der Waals surface area contributed by atoms with Crippen molar-refractivity contribution < 1.29 is 0 Å². The van der Waals surface area contributed by atoms with Gasteiger partial charge in [0.1, 0.15) is 0 Å². The third-order valence-electron chi connectivity index (χ3n) is 2.71. The highest BCUT2D eigenvalue weighted by atomic mass is 32.2. The van der Waals surface area contributed by atoms with Crippen LogP contribution in [0.2, 0.25) is 0 Å². The lowest BCUT2D eigenvalue weighted by atomic mass is 10.0. The molecule has 1 unspecified atom stereocenters. The lowest BCUT2D eigenvalue weighted by Gasteiger charge is -2.17. The third-order valence-corrected chi connectivity index (χ3v) is 3.57. The van der Waals surface area contributed by atoms with Gasteiger partial charge in [-0.2, -0.15) is 0 Å². The van der Waals surface area contributed by atoms with Crippen LogP contribution < -0.4 is 5.32 Å². The van der Waals surface area contributed by atoms with Crippen LogP contribution >= 0.6 is 11.8 Å². The Morgan fingerprint density at radius 1 is 1.35 bits per heavy atom. The largest absolute Gasteiger partial charge is 0.309 e. The molecule has 0 radical (unpaired) electrons. The van der Waals surface area contributed by atoms with Gasteiger partial charge in [0.05, 0.1) is 5.75 Å². The van der Waals surface area contributed by atoms with Crippen LogP contribution in [0, 0.1) is 19.3 Å². The van der Waals surface area contributed by atoms with Crippen LogP contribution in [0.4, 0.5) is 0 Å². The summed E-state index contributed by atoms with van der Waals surface area (Å²) in [5.41, 5.74) is 2.69. The van der Waals surface area contributed by atoms with E-state index in [2.05, 4.69) is 49.4 Å². The van der Waals surface area contributed by atoms with Crippen molar-refractivity contribution in [1.29, 1.82) is 0 Å². The first kappa shape index (κ1) is 14.2. The van der Waals surface area contributed by atoms with Crippen molar-refractivity contribution in [1.82, 2.24) is 5.32 Å². The summed E-state index contributed by atoms with van der Waals surface area (Å²) in [6, 6.07) is 9.23. The molecule has 1 nitrogen and oxygen atoms in total. The van der Waals surface area contributed by atoms with Gasteiger partial charge in [0.25, 0.3) is 0 Å². The standard InChI is InChI=1S/C15H21NS/c1-4-11-17-12-10-16-15(5-2)14-8-6-13(3)7-9-14/h1,6-9,15-16H,5,10-12H2,2-3H3. The first-order chi connectivity index (χ1) is 8.27. The number of benzene rings is 1. The SMILES string of the molecule is C#CCSCCNC(CC)c1ccc(C)cc1. The normalized spacial score (nSPS) is 12.1. The molecule has 1 N–H and O–H groups in total. The number of hydrogen-bond donors (Lipinski definition) is 1. The molecule has 1 rings (SSSR count). The molecule has 0 aliphatic rings. The van der Waals surface area contributed by atoms with Gasteiger partial charge in [-0.05, 0) is 18.9 Å². The van der Waals surface area contributed by atoms with Crippen LogP contribution in [-0.2, 0) is 0 Å². The molecule has 2 heteroatoms. The Bertz CT molecular complexity index is 350. The second-order valence-corrected chi connectivity index (χ2v) is 5.19. The monoisotopic (exact) mass is 247 g/mol. The molecule has 1 aromatic rings. The molecule has 0 saturated heterocycles. The molecule has 0 fully saturated rings. The molecule has 1 atom stereocenters. The highest BCUT2D eigenvalue weighted by molar-refractivity contribution is 7.99. The Kier molecular flexibility index (Phi) is 6.84. The van der Waals surface area contributed by atoms with E-state index in [-0.39, 0.29) is 0 Å². The molecule has 0 aromatic heterocycles. The van der Waals surface area contributed by atoms with E-state index in [1.807, 2.05) is 0 Å². The molecule has 0 aliphatic carbocycles. The zero-order valence-electron chi connectivity index (χ0n) is 10.7. The average Bonchev–Trinajstić information content (AvgIpc) is 2.35. The molecule has 1 aromatic carbocycles. The zero-order chi connectivity index (χ0) is 12.5. The summed E-state index contributed by atoms with van der Waals surface area (Å²) in [6.07, 6.45) is 6.32. The predicted molar refractivity (Wildman–Crippen MR) is 78.4 cm³/mol. The summed E-state index contributed by atoms with van der Waals surface area (Å²) in [4.78, 5) is 0. The van der Waals surface area contributed by atoms with Crippen molar-refractivity contribution in [2.45, 2.75) is 26.3 Å². The van der Waals surface area contributed by atoms with Gasteiger partial charge in [-0.25, -0.2) is 0 Å². The number of terminal acetylenes is 1. The van der Waals surface area contributed by atoms with Gasteiger partial charge < -0.3 is 5.32 Å². The number of rotatable bonds is 7. The quantitative estimate of drug-likeness (QED) is 0.585. The molecule has 0 aliphatic heterocycles. The summed E-state index contributed by atoms with van der Waals surface area (Å²) < 4.78 is 0. The lowest BCUT2D eigenvalue weighted by Crippen LogP contribution is -2.23. The zero-order valence-corrected chi connectivity index (χ0v) is 11.5. The highest BCUT2D eigenvalue weighted by Crippen LogP contribution is 2.16. The van der Waals surface area contributed by atoms with Crippen molar-refractivity contribution in [2.24, 2.45) is 0 Å². The fraction of sp³-hybridized carbons (Fsp3) is 0.467. The van der Waals surface area contributed by atoms with Gasteiger partial charge in [0.15, 0.2) is 0 Å². The lowest BCUT2D eigenvalue weighted by molar-refractivity contribution is 0.540. The van der Waals surface area contributed by atoms with Crippen molar-refractivity contribution in [3.8, 4) is 12.3 Å². The second kappa shape index (κ2) is 8.22. The second-order valence-electron chi connectivity index (χ2n) is 4.08. The van der Waals surface area contributed by atoms with Gasteiger partial charge >= 0.3 is 0 Å². The molecule has 0 bridgehead atoms. The van der Waals surface area contributed by atoms with Crippen molar-refractivity contribution >= 4 is 11.8 Å². The Hall–Kier alpha value is -0.910. The van der Waals surface area contributed by atoms with Crippen molar-refractivity contribution in [2.75, 3.05) is 18.1 Å². The molecule has 0 heterocycles. The Labute approximate surface area is 109 Å². The van der Waals surface area contributed by atoms with E-state index in [9.17, 15) is 0 Å². The van der Waals surface area contributed by atoms with E-state index in [0.29, 0.717) is 6.04 Å². The minimum atomic E-state index is 0.460. The molecule has 17 heavy (non-hydrogen) atoms. The topological polar surface area (TPSA) is 12.0 Å². The van der Waals surface area contributed by atoms with Gasteiger partial charge in [-0.3, -0.25) is 0 Å². The van der Waals surface area contributed by atoms with Crippen LogP contribution in [0.25, 0.3) is 0 Å². The maximum atomic E-state index is 5.21. The van der Waals surface area contributed by atoms with Crippen LogP contribution in [0.15, 0.2) is 24.3 Å². The molecular weight excluding hydrogens is 226 g/mol. The fourth-order valence-corrected chi connectivity index (χ4v) is 2.26.